The van der Waals surface area contributed by atoms with Crippen molar-refractivity contribution in [2.24, 2.45) is 0 Å². The molecule has 0 aliphatic carbocycles. The van der Waals surface area contributed by atoms with Crippen LogP contribution in [0.4, 0.5) is 0 Å². The van der Waals surface area contributed by atoms with Crippen molar-refractivity contribution in [2.45, 2.75) is 26.4 Å². The third kappa shape index (κ3) is 3.37. The number of aromatic nitrogens is 1. The number of benzene rings is 1. The van der Waals surface area contributed by atoms with Crippen LogP contribution in [0.3, 0.4) is 0 Å². The second kappa shape index (κ2) is 5.29. The fourth-order valence-corrected chi connectivity index (χ4v) is 3.17. The van der Waals surface area contributed by atoms with Gasteiger partial charge in [-0.2, -0.15) is 0 Å². The quantitative estimate of drug-likeness (QED) is 0.935. The Kier molecular flexibility index (Phi) is 3.97. The summed E-state index contributed by atoms with van der Waals surface area (Å²) >= 11 is 5.04. The molecular formula is C13H14BrNOS. The number of nitrogens with zero attached hydrogens (tertiary/aromatic N) is 1. The standard InChI is InChI=1S/C13H14BrNOS/c1-8-3-10(5-11(14)4-8)12(16)6-13-15-9(2)7-17-13/h3-5,7,12,16H,6H2,1-2H3. The van der Waals surface area contributed by atoms with Crippen molar-refractivity contribution in [3.63, 3.8) is 0 Å². The normalized spacial score (nSPS) is 12.7. The molecule has 4 heteroatoms. The molecule has 1 unspecified atom stereocenters. The van der Waals surface area contributed by atoms with Crippen LogP contribution < -0.4 is 0 Å². The predicted molar refractivity (Wildman–Crippen MR) is 74.4 cm³/mol. The van der Waals surface area contributed by atoms with E-state index in [1.807, 2.05) is 37.4 Å². The van der Waals surface area contributed by atoms with Crippen LogP contribution in [-0.4, -0.2) is 10.1 Å². The molecule has 90 valence electrons. The van der Waals surface area contributed by atoms with Gasteiger partial charge in [-0.25, -0.2) is 4.98 Å². The molecule has 1 atom stereocenters. The molecule has 1 N–H and O–H groups in total. The zero-order valence-corrected chi connectivity index (χ0v) is 12.2. The highest BCUT2D eigenvalue weighted by Gasteiger charge is 2.11. The van der Waals surface area contributed by atoms with Gasteiger partial charge in [-0.05, 0) is 37.1 Å². The third-order valence-electron chi connectivity index (χ3n) is 2.48. The topological polar surface area (TPSA) is 33.1 Å². The molecule has 1 aromatic heterocycles. The first kappa shape index (κ1) is 12.7. The number of thiazole rings is 1. The molecule has 17 heavy (non-hydrogen) atoms. The molecule has 1 aromatic carbocycles. The van der Waals surface area contributed by atoms with E-state index in [2.05, 4.69) is 20.9 Å². The highest BCUT2D eigenvalue weighted by atomic mass is 79.9. The zero-order chi connectivity index (χ0) is 12.4. The van der Waals surface area contributed by atoms with Gasteiger partial charge in [0.05, 0.1) is 11.1 Å². The SMILES string of the molecule is Cc1cc(Br)cc(C(O)Cc2nc(C)cs2)c1. The molecule has 0 fully saturated rings. The number of aliphatic hydroxyl groups excluding tert-OH is 1. The summed E-state index contributed by atoms with van der Waals surface area (Å²) in [6.45, 7) is 3.99. The Labute approximate surface area is 113 Å². The van der Waals surface area contributed by atoms with Crippen LogP contribution >= 0.6 is 27.3 Å². The van der Waals surface area contributed by atoms with Gasteiger partial charge in [0.15, 0.2) is 0 Å². The summed E-state index contributed by atoms with van der Waals surface area (Å²) in [5.41, 5.74) is 3.09. The van der Waals surface area contributed by atoms with Gasteiger partial charge >= 0.3 is 0 Å². The second-order valence-corrected chi connectivity index (χ2v) is 6.02. The van der Waals surface area contributed by atoms with E-state index in [1.54, 1.807) is 11.3 Å². The molecule has 2 nitrogen and oxygen atoms in total. The minimum atomic E-state index is -0.489. The molecule has 2 aromatic rings. The number of hydrogen-bond donors (Lipinski definition) is 1. The summed E-state index contributed by atoms with van der Waals surface area (Å²) < 4.78 is 1.00. The monoisotopic (exact) mass is 311 g/mol. The average Bonchev–Trinajstić information content (AvgIpc) is 2.62. The van der Waals surface area contributed by atoms with Gasteiger partial charge in [-0.15, -0.1) is 11.3 Å². The summed E-state index contributed by atoms with van der Waals surface area (Å²) in [6.07, 6.45) is 0.0887. The molecule has 0 amide bonds. The molecule has 0 bridgehead atoms. The molecule has 0 saturated heterocycles. The van der Waals surface area contributed by atoms with Crippen molar-refractivity contribution in [1.29, 1.82) is 0 Å². The van der Waals surface area contributed by atoms with Crippen LogP contribution in [0.5, 0.6) is 0 Å². The lowest BCUT2D eigenvalue weighted by Gasteiger charge is -2.10. The number of hydrogen-bond acceptors (Lipinski definition) is 3. The molecular weight excluding hydrogens is 298 g/mol. The van der Waals surface area contributed by atoms with Crippen molar-refractivity contribution >= 4 is 27.3 Å². The van der Waals surface area contributed by atoms with E-state index in [0.717, 1.165) is 26.3 Å². The van der Waals surface area contributed by atoms with Gasteiger partial charge in [-0.1, -0.05) is 22.0 Å². The Morgan fingerprint density at radius 2 is 2.12 bits per heavy atom. The number of aryl methyl sites for hydroxylation is 2. The second-order valence-electron chi connectivity index (χ2n) is 4.16. The van der Waals surface area contributed by atoms with Crippen LogP contribution in [0, 0.1) is 13.8 Å². The fraction of sp³-hybridized carbons (Fsp3) is 0.308. The lowest BCUT2D eigenvalue weighted by Crippen LogP contribution is -2.02. The van der Waals surface area contributed by atoms with Gasteiger partial charge in [0.25, 0.3) is 0 Å². The summed E-state index contributed by atoms with van der Waals surface area (Å²) in [5.74, 6) is 0. The first-order valence-corrected chi connectivity index (χ1v) is 7.08. The molecule has 0 aliphatic rings. The Bertz CT molecular complexity index is 504. The number of halogens is 1. The summed E-state index contributed by atoms with van der Waals surface area (Å²) in [4.78, 5) is 4.37. The summed E-state index contributed by atoms with van der Waals surface area (Å²) in [6, 6.07) is 6.00. The highest BCUT2D eigenvalue weighted by Crippen LogP contribution is 2.24. The van der Waals surface area contributed by atoms with E-state index in [0.29, 0.717) is 6.42 Å². The highest BCUT2D eigenvalue weighted by molar-refractivity contribution is 9.10. The van der Waals surface area contributed by atoms with E-state index < -0.39 is 6.10 Å². The predicted octanol–water partition coefficient (Wildman–Crippen LogP) is 3.80. The van der Waals surface area contributed by atoms with Crippen molar-refractivity contribution < 1.29 is 5.11 Å². The third-order valence-corrected chi connectivity index (χ3v) is 3.93. The first-order chi connectivity index (χ1) is 8.04. The van der Waals surface area contributed by atoms with Crippen LogP contribution in [0.15, 0.2) is 28.1 Å². The van der Waals surface area contributed by atoms with Crippen molar-refractivity contribution in [1.82, 2.24) is 4.98 Å². The maximum Gasteiger partial charge on any atom is 0.0957 e. The van der Waals surface area contributed by atoms with Gasteiger partial charge in [0.1, 0.15) is 0 Å². The van der Waals surface area contributed by atoms with Crippen molar-refractivity contribution in [3.8, 4) is 0 Å². The Hall–Kier alpha value is -0.710. The van der Waals surface area contributed by atoms with E-state index in [1.165, 1.54) is 0 Å². The van der Waals surface area contributed by atoms with E-state index in [9.17, 15) is 5.11 Å². The first-order valence-electron chi connectivity index (χ1n) is 5.41. The number of rotatable bonds is 3. The average molecular weight is 312 g/mol. The minimum absolute atomic E-state index is 0.489. The van der Waals surface area contributed by atoms with E-state index >= 15 is 0 Å². The number of aliphatic hydroxyl groups is 1. The van der Waals surface area contributed by atoms with Crippen molar-refractivity contribution in [2.75, 3.05) is 0 Å². The fourth-order valence-electron chi connectivity index (χ4n) is 1.74. The van der Waals surface area contributed by atoms with Crippen LogP contribution in [-0.2, 0) is 6.42 Å². The maximum atomic E-state index is 10.2. The molecule has 0 radical (unpaired) electrons. The lowest BCUT2D eigenvalue weighted by molar-refractivity contribution is 0.178. The summed E-state index contributed by atoms with van der Waals surface area (Å²) in [7, 11) is 0. The molecule has 0 spiro atoms. The molecule has 0 aliphatic heterocycles. The molecule has 0 saturated carbocycles. The van der Waals surface area contributed by atoms with Crippen LogP contribution in [0.1, 0.15) is 27.9 Å². The van der Waals surface area contributed by atoms with Gasteiger partial charge in [0.2, 0.25) is 0 Å². The molecule has 2 rings (SSSR count). The summed E-state index contributed by atoms with van der Waals surface area (Å²) in [5, 5.41) is 13.2. The van der Waals surface area contributed by atoms with Gasteiger partial charge in [0, 0.05) is 22.0 Å². The van der Waals surface area contributed by atoms with E-state index in [-0.39, 0.29) is 0 Å². The van der Waals surface area contributed by atoms with Gasteiger partial charge in [-0.3, -0.25) is 0 Å². The Morgan fingerprint density at radius 1 is 1.35 bits per heavy atom. The Morgan fingerprint density at radius 3 is 2.71 bits per heavy atom. The van der Waals surface area contributed by atoms with Crippen molar-refractivity contribution in [3.05, 3.63) is 49.9 Å². The lowest BCUT2D eigenvalue weighted by atomic mass is 10.0. The van der Waals surface area contributed by atoms with Crippen LogP contribution in [0.25, 0.3) is 0 Å². The zero-order valence-electron chi connectivity index (χ0n) is 9.77. The largest absolute Gasteiger partial charge is 0.388 e. The Balaban J connectivity index is 2.16. The smallest absolute Gasteiger partial charge is 0.0957 e. The maximum absolute atomic E-state index is 10.2. The molecule has 1 heterocycles. The van der Waals surface area contributed by atoms with Crippen LogP contribution in [0.2, 0.25) is 0 Å². The van der Waals surface area contributed by atoms with Gasteiger partial charge < -0.3 is 5.11 Å². The van der Waals surface area contributed by atoms with E-state index in [4.69, 9.17) is 0 Å². The minimum Gasteiger partial charge on any atom is -0.388 e.